The summed E-state index contributed by atoms with van der Waals surface area (Å²) in [6.45, 7) is 8.34. The van der Waals surface area contributed by atoms with E-state index in [1.54, 1.807) is 0 Å². The number of nitro benzene ring substituents is 1. The molecule has 6 amide bonds. The molecule has 1 aliphatic rings. The Morgan fingerprint density at radius 3 is 2.00 bits per heavy atom. The van der Waals surface area contributed by atoms with Crippen LogP contribution in [0, 0.1) is 22.0 Å². The van der Waals surface area contributed by atoms with Crippen LogP contribution in [0.3, 0.4) is 0 Å². The number of nitrogens with one attached hydrogen (secondary N) is 6. The fourth-order valence-electron chi connectivity index (χ4n) is 5.28. The molecular formula is C32H48N8O10. The van der Waals surface area contributed by atoms with Crippen molar-refractivity contribution in [2.75, 3.05) is 25.0 Å². The number of nitrogens with zero attached hydrogens (tertiary/aromatic N) is 2. The average molecular weight is 705 g/mol. The van der Waals surface area contributed by atoms with Gasteiger partial charge >= 0.3 is 5.97 Å². The zero-order chi connectivity index (χ0) is 37.5. The highest BCUT2D eigenvalue weighted by molar-refractivity contribution is 5.96. The lowest BCUT2D eigenvalue weighted by Crippen LogP contribution is -2.58. The number of carboxylic acid groups (broad SMARTS) is 1. The minimum atomic E-state index is -1.53. The Morgan fingerprint density at radius 2 is 1.46 bits per heavy atom. The van der Waals surface area contributed by atoms with Gasteiger partial charge in [-0.15, -0.1) is 0 Å². The van der Waals surface area contributed by atoms with Gasteiger partial charge in [-0.1, -0.05) is 27.7 Å². The lowest BCUT2D eigenvalue weighted by molar-refractivity contribution is -0.384. The third-order valence-corrected chi connectivity index (χ3v) is 7.66. The summed E-state index contributed by atoms with van der Waals surface area (Å²) < 4.78 is 0. The molecule has 276 valence electrons. The monoisotopic (exact) mass is 704 g/mol. The first-order valence-corrected chi connectivity index (χ1v) is 16.4. The number of rotatable bonds is 19. The van der Waals surface area contributed by atoms with Crippen molar-refractivity contribution in [3.8, 4) is 0 Å². The molecule has 2 rings (SSSR count). The molecule has 0 radical (unpaired) electrons. The summed E-state index contributed by atoms with van der Waals surface area (Å²) in [7, 11) is 0. The number of benzene rings is 1. The first-order valence-electron chi connectivity index (χ1n) is 16.4. The molecule has 7 N–H and O–H groups in total. The van der Waals surface area contributed by atoms with Crippen molar-refractivity contribution in [3.05, 3.63) is 34.4 Å². The summed E-state index contributed by atoms with van der Waals surface area (Å²) in [5.74, 6) is -4.93. The first-order chi connectivity index (χ1) is 23.5. The molecule has 1 saturated heterocycles. The fraction of sp³-hybridized carbons (Fsp3) is 0.594. The van der Waals surface area contributed by atoms with Crippen LogP contribution in [0.4, 0.5) is 11.4 Å². The lowest BCUT2D eigenvalue weighted by Gasteiger charge is -2.26. The van der Waals surface area contributed by atoms with Crippen LogP contribution in [0.2, 0.25) is 0 Å². The highest BCUT2D eigenvalue weighted by atomic mass is 16.6. The topological polar surface area (TPSA) is 258 Å². The van der Waals surface area contributed by atoms with Gasteiger partial charge in [0, 0.05) is 37.8 Å². The van der Waals surface area contributed by atoms with Crippen molar-refractivity contribution < 1.29 is 43.6 Å². The highest BCUT2D eigenvalue weighted by Gasteiger charge is 2.35. The van der Waals surface area contributed by atoms with Crippen LogP contribution in [0.15, 0.2) is 24.3 Å². The molecule has 1 fully saturated rings. The van der Waals surface area contributed by atoms with E-state index in [1.807, 2.05) is 27.7 Å². The van der Waals surface area contributed by atoms with Gasteiger partial charge in [-0.2, -0.15) is 0 Å². The van der Waals surface area contributed by atoms with Gasteiger partial charge in [-0.25, -0.2) is 0 Å². The summed E-state index contributed by atoms with van der Waals surface area (Å²) in [6.07, 6.45) is -0.350. The van der Waals surface area contributed by atoms with Gasteiger partial charge in [-0.05, 0) is 49.7 Å². The average Bonchev–Trinajstić information content (AvgIpc) is 3.53. The van der Waals surface area contributed by atoms with Crippen LogP contribution in [-0.4, -0.2) is 100 Å². The third kappa shape index (κ3) is 13.7. The Labute approximate surface area is 290 Å². The highest BCUT2D eigenvalue weighted by Crippen LogP contribution is 2.19. The van der Waals surface area contributed by atoms with E-state index < -0.39 is 71.3 Å². The van der Waals surface area contributed by atoms with E-state index in [2.05, 4.69) is 31.9 Å². The van der Waals surface area contributed by atoms with Crippen molar-refractivity contribution in [1.82, 2.24) is 31.5 Å². The maximum absolute atomic E-state index is 13.5. The molecule has 0 spiro atoms. The SMILES string of the molecule is CC(=O)N1CCC[C@H]1C(=O)N[C@@H](CC(C)C)C(=O)NCC(=O)N[C@@H](Nc1ccc([N+](=O)[O-])cc1)C(=O)N[C@@H](CC(C)C)C(=O)NCCC(=O)O. The first kappa shape index (κ1) is 40.9. The number of hydrogen-bond donors (Lipinski definition) is 7. The van der Waals surface area contributed by atoms with E-state index in [1.165, 1.54) is 36.1 Å². The van der Waals surface area contributed by atoms with Crippen molar-refractivity contribution in [3.63, 3.8) is 0 Å². The maximum Gasteiger partial charge on any atom is 0.305 e. The van der Waals surface area contributed by atoms with E-state index in [0.29, 0.717) is 19.4 Å². The molecule has 1 aromatic rings. The number of carboxylic acids is 1. The van der Waals surface area contributed by atoms with E-state index in [4.69, 9.17) is 5.11 Å². The third-order valence-electron chi connectivity index (χ3n) is 7.66. The number of likely N-dealkylation sites (tertiary alicyclic amines) is 1. The molecule has 1 aliphatic heterocycles. The number of non-ortho nitro benzene ring substituents is 1. The number of aliphatic carboxylic acids is 1. The maximum atomic E-state index is 13.5. The number of anilines is 1. The second kappa shape index (κ2) is 19.6. The number of carbonyl (C=O) groups is 7. The zero-order valence-electron chi connectivity index (χ0n) is 28.9. The Morgan fingerprint density at radius 1 is 0.880 bits per heavy atom. The molecule has 0 saturated carbocycles. The predicted octanol–water partition coefficient (Wildman–Crippen LogP) is 0.229. The van der Waals surface area contributed by atoms with Crippen LogP contribution < -0.4 is 31.9 Å². The van der Waals surface area contributed by atoms with Gasteiger partial charge in [0.15, 0.2) is 6.17 Å². The summed E-state index contributed by atoms with van der Waals surface area (Å²) in [5, 5.41) is 35.4. The number of carbonyl (C=O) groups excluding carboxylic acids is 6. The normalized spacial score (nSPS) is 15.7. The Bertz CT molecular complexity index is 1400. The van der Waals surface area contributed by atoms with Crippen molar-refractivity contribution in [1.29, 1.82) is 0 Å². The molecule has 18 nitrogen and oxygen atoms in total. The molecule has 0 unspecified atom stereocenters. The quantitative estimate of drug-likeness (QED) is 0.0583. The number of hydrogen-bond acceptors (Lipinski definition) is 10. The standard InChI is InChI=1S/C32H48N8O10/c1-18(2)15-23(29(45)33-13-12-27(43)44)37-32(48)28(35-21-8-10-22(11-9-21)40(49)50)38-26(42)17-34-30(46)24(16-19(3)4)36-31(47)25-7-6-14-39(25)20(5)41/h8-11,18-19,23-25,28,35H,6-7,12-17H2,1-5H3,(H,33,45)(H,34,46)(H,36,47)(H,37,48)(H,38,42)(H,43,44)/t23-,24-,25-,28+/m0/s1. The molecule has 1 heterocycles. The van der Waals surface area contributed by atoms with E-state index in [-0.39, 0.29) is 54.9 Å². The summed E-state index contributed by atoms with van der Waals surface area (Å²) in [4.78, 5) is 100. The molecule has 0 aliphatic carbocycles. The zero-order valence-corrected chi connectivity index (χ0v) is 28.9. The number of nitro groups is 1. The Hall–Kier alpha value is -5.29. The molecule has 0 bridgehead atoms. The minimum absolute atomic E-state index is 0.0218. The molecule has 1 aromatic carbocycles. The van der Waals surface area contributed by atoms with Crippen LogP contribution in [0.5, 0.6) is 0 Å². The minimum Gasteiger partial charge on any atom is -0.481 e. The molecule has 50 heavy (non-hydrogen) atoms. The lowest BCUT2D eigenvalue weighted by atomic mass is 10.0. The van der Waals surface area contributed by atoms with Crippen LogP contribution >= 0.6 is 0 Å². The van der Waals surface area contributed by atoms with Crippen molar-refractivity contribution in [2.45, 2.75) is 91.0 Å². The smallest absolute Gasteiger partial charge is 0.305 e. The number of amides is 6. The summed E-state index contributed by atoms with van der Waals surface area (Å²) in [5.41, 5.74) is -0.0130. The van der Waals surface area contributed by atoms with Crippen molar-refractivity contribution in [2.24, 2.45) is 11.8 Å². The van der Waals surface area contributed by atoms with E-state index in [0.717, 1.165) is 0 Å². The van der Waals surface area contributed by atoms with Crippen LogP contribution in [0.1, 0.15) is 66.7 Å². The van der Waals surface area contributed by atoms with Gasteiger partial charge in [0.1, 0.15) is 18.1 Å². The van der Waals surface area contributed by atoms with E-state index >= 15 is 0 Å². The van der Waals surface area contributed by atoms with Crippen LogP contribution in [0.25, 0.3) is 0 Å². The molecule has 18 heteroatoms. The molecular weight excluding hydrogens is 656 g/mol. The van der Waals surface area contributed by atoms with Gasteiger partial charge in [0.05, 0.1) is 17.9 Å². The van der Waals surface area contributed by atoms with Gasteiger partial charge < -0.3 is 41.9 Å². The summed E-state index contributed by atoms with van der Waals surface area (Å²) >= 11 is 0. The van der Waals surface area contributed by atoms with Crippen LogP contribution in [-0.2, 0) is 33.6 Å². The summed E-state index contributed by atoms with van der Waals surface area (Å²) in [6, 6.07) is 2.16. The molecule has 0 aromatic heterocycles. The van der Waals surface area contributed by atoms with Gasteiger partial charge in [0.2, 0.25) is 29.5 Å². The second-order valence-corrected chi connectivity index (χ2v) is 12.9. The van der Waals surface area contributed by atoms with Gasteiger partial charge in [0.25, 0.3) is 11.6 Å². The largest absolute Gasteiger partial charge is 0.481 e. The van der Waals surface area contributed by atoms with E-state index in [9.17, 15) is 43.7 Å². The van der Waals surface area contributed by atoms with Crippen molar-refractivity contribution >= 4 is 52.8 Å². The molecule has 4 atom stereocenters. The van der Waals surface area contributed by atoms with Gasteiger partial charge in [-0.3, -0.25) is 43.7 Å². The second-order valence-electron chi connectivity index (χ2n) is 12.9. The Balaban J connectivity index is 2.19. The predicted molar refractivity (Wildman–Crippen MR) is 180 cm³/mol. The Kier molecular flexibility index (Phi) is 16.1. The fourth-order valence-corrected chi connectivity index (χ4v) is 5.28.